The zero-order valence-electron chi connectivity index (χ0n) is 19.3. The van der Waals surface area contributed by atoms with E-state index in [1.807, 2.05) is 6.07 Å². The number of amides is 1. The quantitative estimate of drug-likeness (QED) is 0.529. The number of pyridine rings is 1. The van der Waals surface area contributed by atoms with Crippen LogP contribution in [0.4, 0.5) is 5.69 Å². The van der Waals surface area contributed by atoms with Crippen molar-refractivity contribution in [3.63, 3.8) is 0 Å². The Kier molecular flexibility index (Phi) is 8.36. The highest BCUT2D eigenvalue weighted by Gasteiger charge is 2.26. The Labute approximate surface area is 196 Å². The SMILES string of the molecule is CC(C)c1cccc(C(C)C)c1NC(=O)CSc1ccc(S(=O)(=O)N2CCCCC2)cn1. The maximum atomic E-state index is 12.8. The fourth-order valence-electron chi connectivity index (χ4n) is 3.87. The van der Waals surface area contributed by atoms with Gasteiger partial charge in [-0.1, -0.05) is 64.1 Å². The van der Waals surface area contributed by atoms with Gasteiger partial charge in [-0.15, -0.1) is 0 Å². The molecule has 1 N–H and O–H groups in total. The minimum Gasteiger partial charge on any atom is -0.325 e. The summed E-state index contributed by atoms with van der Waals surface area (Å²) in [4.78, 5) is 17.2. The van der Waals surface area contributed by atoms with E-state index in [9.17, 15) is 13.2 Å². The monoisotopic (exact) mass is 475 g/mol. The number of aromatic nitrogens is 1. The number of carbonyl (C=O) groups is 1. The van der Waals surface area contributed by atoms with Crippen LogP contribution in [-0.4, -0.2) is 42.5 Å². The number of rotatable bonds is 8. The van der Waals surface area contributed by atoms with Gasteiger partial charge in [0.15, 0.2) is 0 Å². The highest BCUT2D eigenvalue weighted by Crippen LogP contribution is 2.32. The van der Waals surface area contributed by atoms with E-state index in [1.165, 1.54) is 22.3 Å². The summed E-state index contributed by atoms with van der Waals surface area (Å²) >= 11 is 1.30. The van der Waals surface area contributed by atoms with Crippen LogP contribution in [0, 0.1) is 0 Å². The molecule has 6 nitrogen and oxygen atoms in total. The van der Waals surface area contributed by atoms with Crippen molar-refractivity contribution in [2.24, 2.45) is 0 Å². The van der Waals surface area contributed by atoms with Gasteiger partial charge in [0.2, 0.25) is 15.9 Å². The van der Waals surface area contributed by atoms with Crippen LogP contribution in [-0.2, 0) is 14.8 Å². The van der Waals surface area contributed by atoms with Crippen molar-refractivity contribution >= 4 is 33.4 Å². The summed E-state index contributed by atoms with van der Waals surface area (Å²) in [7, 11) is -3.49. The van der Waals surface area contributed by atoms with Gasteiger partial charge in [0.05, 0.1) is 10.8 Å². The molecule has 1 fully saturated rings. The molecule has 2 aromatic rings. The Bertz CT molecular complexity index is 1000. The number of carbonyl (C=O) groups excluding carboxylic acids is 1. The first kappa shape index (κ1) is 24.7. The van der Waals surface area contributed by atoms with Crippen molar-refractivity contribution in [3.8, 4) is 0 Å². The summed E-state index contributed by atoms with van der Waals surface area (Å²) in [5, 5.41) is 3.72. The standard InChI is InChI=1S/C24H33N3O3S2/c1-17(2)20-9-8-10-21(18(3)4)24(20)26-22(28)16-31-23-12-11-19(15-25-23)32(29,30)27-13-6-5-7-14-27/h8-12,15,17-18H,5-7,13-14,16H2,1-4H3,(H,26,28). The number of anilines is 1. The van der Waals surface area contributed by atoms with Crippen LogP contribution in [0.15, 0.2) is 46.5 Å². The summed E-state index contributed by atoms with van der Waals surface area (Å²) < 4.78 is 27.0. The summed E-state index contributed by atoms with van der Waals surface area (Å²) in [5.74, 6) is 0.701. The Hall–Kier alpha value is -1.90. The smallest absolute Gasteiger partial charge is 0.244 e. The molecule has 0 unspecified atom stereocenters. The Morgan fingerprint density at radius 2 is 1.66 bits per heavy atom. The molecule has 1 aliphatic rings. The van der Waals surface area contributed by atoms with E-state index in [2.05, 4.69) is 50.1 Å². The van der Waals surface area contributed by atoms with Crippen LogP contribution in [0.3, 0.4) is 0 Å². The molecule has 8 heteroatoms. The lowest BCUT2D eigenvalue weighted by Gasteiger charge is -2.25. The molecule has 1 aliphatic heterocycles. The predicted octanol–water partition coefficient (Wildman–Crippen LogP) is 5.23. The summed E-state index contributed by atoms with van der Waals surface area (Å²) in [6.45, 7) is 9.60. The topological polar surface area (TPSA) is 79.4 Å². The van der Waals surface area contributed by atoms with Crippen molar-refractivity contribution in [2.45, 2.75) is 68.7 Å². The van der Waals surface area contributed by atoms with Crippen LogP contribution >= 0.6 is 11.8 Å². The van der Waals surface area contributed by atoms with Crippen LogP contribution in [0.1, 0.15) is 69.9 Å². The average molecular weight is 476 g/mol. The number of piperidine rings is 1. The summed E-state index contributed by atoms with van der Waals surface area (Å²) in [6.07, 6.45) is 4.26. The Morgan fingerprint density at radius 3 is 2.19 bits per heavy atom. The second-order valence-electron chi connectivity index (χ2n) is 8.75. The number of sulfonamides is 1. The first-order valence-electron chi connectivity index (χ1n) is 11.2. The number of hydrogen-bond acceptors (Lipinski definition) is 5. The van der Waals surface area contributed by atoms with E-state index in [0.29, 0.717) is 30.0 Å². The van der Waals surface area contributed by atoms with Gasteiger partial charge < -0.3 is 5.32 Å². The zero-order chi connectivity index (χ0) is 23.3. The lowest BCUT2D eigenvalue weighted by Crippen LogP contribution is -2.35. The average Bonchev–Trinajstić information content (AvgIpc) is 2.78. The molecule has 0 spiro atoms. The maximum absolute atomic E-state index is 12.8. The van der Waals surface area contributed by atoms with E-state index in [0.717, 1.165) is 36.1 Å². The number of nitrogens with zero attached hydrogens (tertiary/aromatic N) is 2. The van der Waals surface area contributed by atoms with E-state index in [-0.39, 0.29) is 16.6 Å². The molecule has 2 heterocycles. The molecule has 0 atom stereocenters. The second kappa shape index (κ2) is 10.8. The number of nitrogens with one attached hydrogen (secondary N) is 1. The molecule has 0 aliphatic carbocycles. The summed E-state index contributed by atoms with van der Waals surface area (Å²) in [6, 6.07) is 9.42. The minimum atomic E-state index is -3.49. The number of para-hydroxylation sites is 1. The van der Waals surface area contributed by atoms with Crippen LogP contribution in [0.2, 0.25) is 0 Å². The molecule has 0 bridgehead atoms. The number of benzene rings is 1. The third-order valence-electron chi connectivity index (χ3n) is 5.65. The van der Waals surface area contributed by atoms with E-state index in [4.69, 9.17) is 0 Å². The molecule has 3 rings (SSSR count). The van der Waals surface area contributed by atoms with Crippen LogP contribution < -0.4 is 5.32 Å². The molecule has 1 saturated heterocycles. The largest absolute Gasteiger partial charge is 0.325 e. The van der Waals surface area contributed by atoms with Crippen molar-refractivity contribution in [3.05, 3.63) is 47.7 Å². The molecular weight excluding hydrogens is 442 g/mol. The van der Waals surface area contributed by atoms with E-state index >= 15 is 0 Å². The van der Waals surface area contributed by atoms with Gasteiger partial charge >= 0.3 is 0 Å². The zero-order valence-corrected chi connectivity index (χ0v) is 20.9. The van der Waals surface area contributed by atoms with Gasteiger partial charge in [-0.05, 0) is 47.9 Å². The maximum Gasteiger partial charge on any atom is 0.244 e. The fraction of sp³-hybridized carbons (Fsp3) is 0.500. The third kappa shape index (κ3) is 5.91. The molecule has 174 valence electrons. The van der Waals surface area contributed by atoms with Gasteiger partial charge in [0, 0.05) is 25.0 Å². The molecule has 0 radical (unpaired) electrons. The third-order valence-corrected chi connectivity index (χ3v) is 8.48. The minimum absolute atomic E-state index is 0.100. The molecule has 1 aromatic heterocycles. The normalized spacial score (nSPS) is 15.3. The lowest BCUT2D eigenvalue weighted by molar-refractivity contribution is -0.113. The fourth-order valence-corrected chi connectivity index (χ4v) is 5.98. The predicted molar refractivity (Wildman–Crippen MR) is 131 cm³/mol. The van der Waals surface area contributed by atoms with Gasteiger partial charge in [-0.3, -0.25) is 4.79 Å². The van der Waals surface area contributed by atoms with E-state index in [1.54, 1.807) is 12.1 Å². The van der Waals surface area contributed by atoms with Crippen molar-refractivity contribution in [1.29, 1.82) is 0 Å². The van der Waals surface area contributed by atoms with Crippen LogP contribution in [0.5, 0.6) is 0 Å². The van der Waals surface area contributed by atoms with Crippen molar-refractivity contribution < 1.29 is 13.2 Å². The highest BCUT2D eigenvalue weighted by molar-refractivity contribution is 7.99. The molecular formula is C24H33N3O3S2. The van der Waals surface area contributed by atoms with Crippen LogP contribution in [0.25, 0.3) is 0 Å². The van der Waals surface area contributed by atoms with Gasteiger partial charge in [0.1, 0.15) is 4.90 Å². The van der Waals surface area contributed by atoms with Gasteiger partial charge in [-0.2, -0.15) is 4.31 Å². The summed E-state index contributed by atoms with van der Waals surface area (Å²) in [5.41, 5.74) is 3.15. The lowest BCUT2D eigenvalue weighted by atomic mass is 9.92. The second-order valence-corrected chi connectivity index (χ2v) is 11.7. The van der Waals surface area contributed by atoms with Gasteiger partial charge in [0.25, 0.3) is 0 Å². The van der Waals surface area contributed by atoms with E-state index < -0.39 is 10.0 Å². The molecule has 32 heavy (non-hydrogen) atoms. The van der Waals surface area contributed by atoms with Gasteiger partial charge in [-0.25, -0.2) is 13.4 Å². The molecule has 0 saturated carbocycles. The Morgan fingerprint density at radius 1 is 1.03 bits per heavy atom. The first-order valence-corrected chi connectivity index (χ1v) is 13.6. The number of hydrogen-bond donors (Lipinski definition) is 1. The first-order chi connectivity index (χ1) is 15.2. The van der Waals surface area contributed by atoms with Crippen molar-refractivity contribution in [1.82, 2.24) is 9.29 Å². The number of thioether (sulfide) groups is 1. The molecule has 1 amide bonds. The molecule has 1 aromatic carbocycles. The van der Waals surface area contributed by atoms with Crippen molar-refractivity contribution in [2.75, 3.05) is 24.2 Å². The Balaban J connectivity index is 1.65. The highest BCUT2D eigenvalue weighted by atomic mass is 32.2.